The van der Waals surface area contributed by atoms with E-state index in [2.05, 4.69) is 127 Å². The van der Waals surface area contributed by atoms with Crippen molar-refractivity contribution in [2.24, 2.45) is 0 Å². The Bertz CT molecular complexity index is 1370. The Labute approximate surface area is 189 Å². The number of rotatable bonds is 3. The Morgan fingerprint density at radius 2 is 1.06 bits per heavy atom. The van der Waals surface area contributed by atoms with Gasteiger partial charge in [-0.3, -0.25) is 0 Å². The van der Waals surface area contributed by atoms with Crippen molar-refractivity contribution in [1.82, 2.24) is 0 Å². The SMILES string of the molecule is C1=Cc2cc(-c3ccc(-c4ccc(-c5ccccc5)cc4)cc3)ccc2NC2=CCC=C12. The van der Waals surface area contributed by atoms with E-state index in [1.54, 1.807) is 0 Å². The number of anilines is 1. The van der Waals surface area contributed by atoms with Crippen molar-refractivity contribution in [1.29, 1.82) is 0 Å². The van der Waals surface area contributed by atoms with Gasteiger partial charge in [-0.25, -0.2) is 0 Å². The van der Waals surface area contributed by atoms with Crippen molar-refractivity contribution in [2.45, 2.75) is 6.42 Å². The highest BCUT2D eigenvalue weighted by atomic mass is 14.9. The van der Waals surface area contributed by atoms with E-state index in [1.807, 2.05) is 0 Å². The lowest BCUT2D eigenvalue weighted by Gasteiger charge is -2.11. The minimum atomic E-state index is 1.01. The van der Waals surface area contributed by atoms with Crippen molar-refractivity contribution in [3.8, 4) is 33.4 Å². The van der Waals surface area contributed by atoms with Crippen LogP contribution in [0.3, 0.4) is 0 Å². The third-order valence-electron chi connectivity index (χ3n) is 6.28. The summed E-state index contributed by atoms with van der Waals surface area (Å²) in [5.41, 5.74) is 12.3. The van der Waals surface area contributed by atoms with Gasteiger partial charge >= 0.3 is 0 Å². The quantitative estimate of drug-likeness (QED) is 0.358. The van der Waals surface area contributed by atoms with Gasteiger partial charge in [0.2, 0.25) is 0 Å². The zero-order chi connectivity index (χ0) is 21.3. The second-order valence-corrected chi connectivity index (χ2v) is 8.29. The van der Waals surface area contributed by atoms with Crippen molar-refractivity contribution >= 4 is 11.8 Å². The van der Waals surface area contributed by atoms with Gasteiger partial charge in [-0.05, 0) is 63.1 Å². The fourth-order valence-electron chi connectivity index (χ4n) is 4.47. The number of allylic oxidation sites excluding steroid dienone is 3. The maximum absolute atomic E-state index is 3.58. The van der Waals surface area contributed by atoms with Crippen LogP contribution in [0.4, 0.5) is 5.69 Å². The second-order valence-electron chi connectivity index (χ2n) is 8.29. The Morgan fingerprint density at radius 3 is 1.72 bits per heavy atom. The van der Waals surface area contributed by atoms with Gasteiger partial charge in [-0.1, -0.05) is 109 Å². The lowest BCUT2D eigenvalue weighted by atomic mass is 9.97. The first-order valence-corrected chi connectivity index (χ1v) is 11.1. The molecule has 1 aliphatic carbocycles. The molecule has 0 saturated carbocycles. The van der Waals surface area contributed by atoms with E-state index in [9.17, 15) is 0 Å². The summed E-state index contributed by atoms with van der Waals surface area (Å²) in [5.74, 6) is 0. The minimum Gasteiger partial charge on any atom is -0.355 e. The Kier molecular flexibility index (Phi) is 4.58. The summed E-state index contributed by atoms with van der Waals surface area (Å²) in [7, 11) is 0. The maximum atomic E-state index is 3.58. The summed E-state index contributed by atoms with van der Waals surface area (Å²) in [5, 5.41) is 3.58. The van der Waals surface area contributed by atoms with Gasteiger partial charge in [0, 0.05) is 11.4 Å². The maximum Gasteiger partial charge on any atom is 0.0458 e. The highest BCUT2D eigenvalue weighted by Crippen LogP contribution is 2.34. The fraction of sp³-hybridized carbons (Fsp3) is 0.0323. The number of hydrogen-bond donors (Lipinski definition) is 1. The molecule has 4 aromatic carbocycles. The molecule has 0 atom stereocenters. The molecule has 0 bridgehead atoms. The molecule has 0 radical (unpaired) electrons. The van der Waals surface area contributed by atoms with Crippen LogP contribution in [0.2, 0.25) is 0 Å². The van der Waals surface area contributed by atoms with Gasteiger partial charge in [0.1, 0.15) is 0 Å². The van der Waals surface area contributed by atoms with Gasteiger partial charge in [0.05, 0.1) is 0 Å². The predicted octanol–water partition coefficient (Wildman–Crippen LogP) is 8.34. The van der Waals surface area contributed by atoms with Crippen LogP contribution in [0.15, 0.2) is 127 Å². The van der Waals surface area contributed by atoms with Crippen molar-refractivity contribution < 1.29 is 0 Å². The van der Waals surface area contributed by atoms with Crippen LogP contribution in [0.1, 0.15) is 12.0 Å². The van der Waals surface area contributed by atoms with Crippen LogP contribution in [0.25, 0.3) is 39.5 Å². The minimum absolute atomic E-state index is 1.01. The highest BCUT2D eigenvalue weighted by molar-refractivity contribution is 5.81. The van der Waals surface area contributed by atoms with E-state index in [1.165, 1.54) is 50.2 Å². The predicted molar refractivity (Wildman–Crippen MR) is 136 cm³/mol. The van der Waals surface area contributed by atoms with E-state index in [0.29, 0.717) is 0 Å². The van der Waals surface area contributed by atoms with Crippen LogP contribution < -0.4 is 5.32 Å². The van der Waals surface area contributed by atoms with Crippen LogP contribution in [-0.2, 0) is 0 Å². The molecule has 0 fully saturated rings. The molecule has 32 heavy (non-hydrogen) atoms. The summed E-state index contributed by atoms with van der Waals surface area (Å²) in [6.07, 6.45) is 9.94. The number of hydrogen-bond acceptors (Lipinski definition) is 1. The molecule has 0 amide bonds. The molecule has 0 unspecified atom stereocenters. The van der Waals surface area contributed by atoms with E-state index in [0.717, 1.165) is 12.1 Å². The third-order valence-corrected chi connectivity index (χ3v) is 6.28. The molecular formula is C31H23N. The number of fused-ring (bicyclic) bond motifs is 2. The highest BCUT2D eigenvalue weighted by Gasteiger charge is 2.13. The summed E-state index contributed by atoms with van der Waals surface area (Å²) >= 11 is 0. The molecule has 0 spiro atoms. The first-order chi connectivity index (χ1) is 15.8. The number of benzene rings is 4. The van der Waals surface area contributed by atoms with E-state index < -0.39 is 0 Å². The molecule has 6 rings (SSSR count). The Balaban J connectivity index is 1.26. The molecule has 1 N–H and O–H groups in total. The average Bonchev–Trinajstić information content (AvgIpc) is 3.23. The molecule has 152 valence electrons. The van der Waals surface area contributed by atoms with Gasteiger partial charge in [0.15, 0.2) is 0 Å². The molecule has 2 aliphatic rings. The molecule has 1 aliphatic heterocycles. The van der Waals surface area contributed by atoms with Crippen LogP contribution in [0, 0.1) is 0 Å². The van der Waals surface area contributed by atoms with Crippen LogP contribution in [0.5, 0.6) is 0 Å². The van der Waals surface area contributed by atoms with Gasteiger partial charge in [-0.15, -0.1) is 0 Å². The van der Waals surface area contributed by atoms with E-state index in [-0.39, 0.29) is 0 Å². The number of nitrogens with one attached hydrogen (secondary N) is 1. The molecular weight excluding hydrogens is 386 g/mol. The molecule has 1 heteroatoms. The largest absolute Gasteiger partial charge is 0.355 e. The standard InChI is InChI=1S/C31H23N/c1-2-5-22(6-3-1)23-9-11-24(12-10-23)25-13-15-26(16-14-25)28-19-20-31-29(21-28)18-17-27-7-4-8-30(27)32-31/h1-3,5-21,32H,4H2. The summed E-state index contributed by atoms with van der Waals surface area (Å²) < 4.78 is 0. The van der Waals surface area contributed by atoms with Crippen molar-refractivity contribution in [2.75, 3.05) is 5.32 Å². The smallest absolute Gasteiger partial charge is 0.0458 e. The Morgan fingerprint density at radius 1 is 0.500 bits per heavy atom. The first kappa shape index (κ1) is 18.7. The lowest BCUT2D eigenvalue weighted by Crippen LogP contribution is -1.98. The zero-order valence-corrected chi connectivity index (χ0v) is 17.8. The van der Waals surface area contributed by atoms with Gasteiger partial charge in [-0.2, -0.15) is 0 Å². The molecule has 1 nitrogen and oxygen atoms in total. The fourth-order valence-corrected chi connectivity index (χ4v) is 4.47. The summed E-state index contributed by atoms with van der Waals surface area (Å²) in [6.45, 7) is 0. The topological polar surface area (TPSA) is 12.0 Å². The van der Waals surface area contributed by atoms with Gasteiger partial charge in [0.25, 0.3) is 0 Å². The lowest BCUT2D eigenvalue weighted by molar-refractivity contribution is 1.41. The van der Waals surface area contributed by atoms with Crippen molar-refractivity contribution in [3.63, 3.8) is 0 Å². The van der Waals surface area contributed by atoms with Gasteiger partial charge < -0.3 is 5.32 Å². The third kappa shape index (κ3) is 3.48. The molecule has 1 heterocycles. The zero-order valence-electron chi connectivity index (χ0n) is 17.8. The van der Waals surface area contributed by atoms with E-state index >= 15 is 0 Å². The monoisotopic (exact) mass is 409 g/mol. The average molecular weight is 410 g/mol. The summed E-state index contributed by atoms with van der Waals surface area (Å²) in [4.78, 5) is 0. The Hall–Kier alpha value is -4.10. The summed E-state index contributed by atoms with van der Waals surface area (Å²) in [6, 6.07) is 34.8. The van der Waals surface area contributed by atoms with Crippen LogP contribution in [-0.4, -0.2) is 0 Å². The normalized spacial score (nSPS) is 14.0. The van der Waals surface area contributed by atoms with Crippen molar-refractivity contribution in [3.05, 3.63) is 132 Å². The van der Waals surface area contributed by atoms with E-state index in [4.69, 9.17) is 0 Å². The molecule has 4 aromatic rings. The van der Waals surface area contributed by atoms with Crippen LogP contribution >= 0.6 is 0 Å². The molecule has 0 aromatic heterocycles. The second kappa shape index (κ2) is 7.86. The molecule has 0 saturated heterocycles. The first-order valence-electron chi connectivity index (χ1n) is 11.1.